The number of carbonyl (C=O) groups excluding carboxylic acids is 2. The summed E-state index contributed by atoms with van der Waals surface area (Å²) < 4.78 is 0. The summed E-state index contributed by atoms with van der Waals surface area (Å²) in [6.45, 7) is 1.90. The largest absolute Gasteiger partial charge is 0.311 e. The maximum atomic E-state index is 11.9. The van der Waals surface area contributed by atoms with Gasteiger partial charge in [-0.1, -0.05) is 41.1 Å². The van der Waals surface area contributed by atoms with Gasteiger partial charge >= 0.3 is 0 Å². The van der Waals surface area contributed by atoms with Crippen LogP contribution in [-0.2, 0) is 9.59 Å². The number of hydrogen-bond acceptors (Lipinski definition) is 3. The van der Waals surface area contributed by atoms with Gasteiger partial charge in [0.05, 0.1) is 16.9 Å². The number of alkyl halides is 1. The Morgan fingerprint density at radius 2 is 2.16 bits per heavy atom. The summed E-state index contributed by atoms with van der Waals surface area (Å²) in [5.41, 5.74) is 0.697. The molecule has 2 amide bonds. The zero-order valence-corrected chi connectivity index (χ0v) is 12.1. The lowest BCUT2D eigenvalue weighted by molar-refractivity contribution is -0.119. The maximum absolute atomic E-state index is 11.9. The number of anilines is 1. The van der Waals surface area contributed by atoms with Crippen LogP contribution >= 0.6 is 15.9 Å². The Bertz CT molecular complexity index is 516. The molecular formula is C13H14BrN3O2. The quantitative estimate of drug-likeness (QED) is 0.865. The SMILES string of the molecule is CC[C@@H](Br)C(=O)NC1=NN(c2ccccc2)C(=O)C1. The van der Waals surface area contributed by atoms with Crippen molar-refractivity contribution in [1.82, 2.24) is 5.32 Å². The zero-order valence-electron chi connectivity index (χ0n) is 10.5. The summed E-state index contributed by atoms with van der Waals surface area (Å²) in [6, 6.07) is 9.13. The van der Waals surface area contributed by atoms with Gasteiger partial charge in [-0.25, -0.2) is 0 Å². The predicted molar refractivity (Wildman–Crippen MR) is 77.1 cm³/mol. The van der Waals surface area contributed by atoms with Gasteiger partial charge in [-0.2, -0.15) is 10.1 Å². The standard InChI is InChI=1S/C13H14BrN3O2/c1-2-10(14)13(19)15-11-8-12(18)17(16-11)9-6-4-3-5-7-9/h3-7,10H,2,8H2,1H3,(H,15,16,19)/t10-/m1/s1. The number of nitrogens with one attached hydrogen (secondary N) is 1. The van der Waals surface area contributed by atoms with Gasteiger partial charge in [0.15, 0.2) is 0 Å². The molecule has 2 rings (SSSR count). The van der Waals surface area contributed by atoms with Crippen LogP contribution in [0.2, 0.25) is 0 Å². The normalized spacial score (nSPS) is 16.2. The first kappa shape index (κ1) is 13.7. The van der Waals surface area contributed by atoms with Gasteiger partial charge in [0.1, 0.15) is 5.84 Å². The van der Waals surface area contributed by atoms with E-state index in [2.05, 4.69) is 26.3 Å². The van der Waals surface area contributed by atoms with Gasteiger partial charge in [-0.3, -0.25) is 9.59 Å². The van der Waals surface area contributed by atoms with Crippen molar-refractivity contribution in [3.05, 3.63) is 30.3 Å². The van der Waals surface area contributed by atoms with E-state index >= 15 is 0 Å². The van der Waals surface area contributed by atoms with Crippen LogP contribution in [0.25, 0.3) is 0 Å². The Labute approximate surface area is 119 Å². The number of rotatable bonds is 3. The molecule has 0 unspecified atom stereocenters. The summed E-state index contributed by atoms with van der Waals surface area (Å²) in [5.74, 6) is 0.0600. The second-order valence-corrected chi connectivity index (χ2v) is 5.23. The number of hydrazone groups is 1. The molecule has 1 aromatic carbocycles. The second kappa shape index (κ2) is 5.97. The number of hydrogen-bond donors (Lipinski definition) is 1. The lowest BCUT2D eigenvalue weighted by Gasteiger charge is -2.10. The molecular weight excluding hydrogens is 310 g/mol. The molecule has 0 saturated carbocycles. The zero-order chi connectivity index (χ0) is 13.8. The first-order valence-corrected chi connectivity index (χ1v) is 6.93. The minimum atomic E-state index is -0.268. The van der Waals surface area contributed by atoms with Gasteiger partial charge in [0, 0.05) is 0 Å². The minimum absolute atomic E-state index is 0.115. The van der Waals surface area contributed by atoms with E-state index in [0.29, 0.717) is 17.9 Å². The highest BCUT2D eigenvalue weighted by Crippen LogP contribution is 2.19. The van der Waals surface area contributed by atoms with Crippen molar-refractivity contribution in [2.24, 2.45) is 5.10 Å². The fourth-order valence-corrected chi connectivity index (χ4v) is 1.79. The highest BCUT2D eigenvalue weighted by molar-refractivity contribution is 9.10. The summed E-state index contributed by atoms with van der Waals surface area (Å²) in [5, 5.41) is 8.12. The molecule has 0 bridgehead atoms. The molecule has 0 fully saturated rings. The first-order valence-electron chi connectivity index (χ1n) is 6.02. The van der Waals surface area contributed by atoms with Gasteiger partial charge < -0.3 is 5.32 Å². The molecule has 0 saturated heterocycles. The van der Waals surface area contributed by atoms with Crippen molar-refractivity contribution in [1.29, 1.82) is 0 Å². The Morgan fingerprint density at radius 3 is 2.79 bits per heavy atom. The van der Waals surface area contributed by atoms with Gasteiger partial charge in [0.25, 0.3) is 5.91 Å². The third-order valence-electron chi connectivity index (χ3n) is 2.69. The number of para-hydroxylation sites is 1. The van der Waals surface area contributed by atoms with Crippen LogP contribution in [0.3, 0.4) is 0 Å². The van der Waals surface area contributed by atoms with Crippen LogP contribution in [0.5, 0.6) is 0 Å². The molecule has 6 heteroatoms. The van der Waals surface area contributed by atoms with Crippen LogP contribution in [0.15, 0.2) is 35.4 Å². The summed E-state index contributed by atoms with van der Waals surface area (Å²) in [7, 11) is 0. The molecule has 1 aliphatic rings. The third-order valence-corrected chi connectivity index (χ3v) is 3.75. The number of amides is 2. The van der Waals surface area contributed by atoms with Crippen molar-refractivity contribution < 1.29 is 9.59 Å². The van der Waals surface area contributed by atoms with Crippen molar-refractivity contribution in [2.75, 3.05) is 5.01 Å². The average Bonchev–Trinajstić information content (AvgIpc) is 2.79. The van der Waals surface area contributed by atoms with E-state index in [4.69, 9.17) is 0 Å². The van der Waals surface area contributed by atoms with Gasteiger partial charge in [0.2, 0.25) is 5.91 Å². The van der Waals surface area contributed by atoms with Crippen LogP contribution in [0.1, 0.15) is 19.8 Å². The smallest absolute Gasteiger partial charge is 0.255 e. The van der Waals surface area contributed by atoms with Crippen LogP contribution in [-0.4, -0.2) is 22.5 Å². The molecule has 1 atom stereocenters. The highest BCUT2D eigenvalue weighted by atomic mass is 79.9. The molecule has 100 valence electrons. The number of amidine groups is 1. The third kappa shape index (κ3) is 3.20. The maximum Gasteiger partial charge on any atom is 0.255 e. The highest BCUT2D eigenvalue weighted by Gasteiger charge is 2.27. The molecule has 0 radical (unpaired) electrons. The first-order chi connectivity index (χ1) is 9.11. The summed E-state index contributed by atoms with van der Waals surface area (Å²) >= 11 is 3.26. The van der Waals surface area contributed by atoms with Crippen molar-refractivity contribution >= 4 is 39.3 Å². The Balaban J connectivity index is 2.09. The number of benzene rings is 1. The molecule has 1 aliphatic heterocycles. The minimum Gasteiger partial charge on any atom is -0.311 e. The number of carbonyl (C=O) groups is 2. The van der Waals surface area contributed by atoms with E-state index in [-0.39, 0.29) is 23.1 Å². The van der Waals surface area contributed by atoms with Crippen LogP contribution in [0, 0.1) is 0 Å². The Hall–Kier alpha value is -1.69. The van der Waals surface area contributed by atoms with Crippen LogP contribution < -0.4 is 10.3 Å². The predicted octanol–water partition coefficient (Wildman–Crippen LogP) is 2.03. The van der Waals surface area contributed by atoms with E-state index in [1.807, 2.05) is 25.1 Å². The van der Waals surface area contributed by atoms with Gasteiger partial charge in [-0.15, -0.1) is 0 Å². The number of halogens is 1. The molecule has 19 heavy (non-hydrogen) atoms. The monoisotopic (exact) mass is 323 g/mol. The molecule has 0 spiro atoms. The topological polar surface area (TPSA) is 61.8 Å². The second-order valence-electron chi connectivity index (χ2n) is 4.13. The lowest BCUT2D eigenvalue weighted by Crippen LogP contribution is -2.35. The van der Waals surface area contributed by atoms with Crippen molar-refractivity contribution in [3.63, 3.8) is 0 Å². The van der Waals surface area contributed by atoms with Crippen LogP contribution in [0.4, 0.5) is 5.69 Å². The van der Waals surface area contributed by atoms with Gasteiger partial charge in [-0.05, 0) is 18.6 Å². The Morgan fingerprint density at radius 1 is 1.47 bits per heavy atom. The van der Waals surface area contributed by atoms with E-state index in [0.717, 1.165) is 0 Å². The van der Waals surface area contributed by atoms with E-state index in [1.165, 1.54) is 5.01 Å². The molecule has 1 aromatic rings. The number of nitrogens with zero attached hydrogens (tertiary/aromatic N) is 2. The summed E-state index contributed by atoms with van der Waals surface area (Å²) in [4.78, 5) is 23.3. The molecule has 0 aromatic heterocycles. The molecule has 5 nitrogen and oxygen atoms in total. The van der Waals surface area contributed by atoms with Crippen molar-refractivity contribution in [3.8, 4) is 0 Å². The fraction of sp³-hybridized carbons (Fsp3) is 0.308. The molecule has 0 aliphatic carbocycles. The fourth-order valence-electron chi connectivity index (χ4n) is 1.68. The lowest BCUT2D eigenvalue weighted by atomic mass is 10.3. The molecule has 1 heterocycles. The van der Waals surface area contributed by atoms with E-state index in [9.17, 15) is 9.59 Å². The molecule has 1 N–H and O–H groups in total. The van der Waals surface area contributed by atoms with E-state index < -0.39 is 0 Å². The Kier molecular flexibility index (Phi) is 4.31. The van der Waals surface area contributed by atoms with E-state index in [1.54, 1.807) is 12.1 Å². The average molecular weight is 324 g/mol. The van der Waals surface area contributed by atoms with Crippen molar-refractivity contribution in [2.45, 2.75) is 24.6 Å². The summed E-state index contributed by atoms with van der Waals surface area (Å²) in [6.07, 6.45) is 0.791.